The van der Waals surface area contributed by atoms with E-state index in [4.69, 9.17) is 10.3 Å². The van der Waals surface area contributed by atoms with Gasteiger partial charge >= 0.3 is 5.97 Å². The average molecular weight is 188 g/mol. The van der Waals surface area contributed by atoms with Crippen LogP contribution in [0.25, 0.3) is 0 Å². The second-order valence-electron chi connectivity index (χ2n) is 4.90. The molecule has 1 rings (SSSR count). The van der Waals surface area contributed by atoms with E-state index in [1.54, 1.807) is 0 Å². The zero-order valence-corrected chi connectivity index (χ0v) is 8.59. The fourth-order valence-electron chi connectivity index (χ4n) is 2.17. The van der Waals surface area contributed by atoms with E-state index in [2.05, 4.69) is 0 Å². The summed E-state index contributed by atoms with van der Waals surface area (Å²) in [5.41, 5.74) is -0.915. The van der Waals surface area contributed by atoms with E-state index in [1.165, 1.54) is 5.06 Å². The van der Waals surface area contributed by atoms with Gasteiger partial charge in [0.1, 0.15) is 0 Å². The molecule has 0 spiro atoms. The molecule has 4 heteroatoms. The molecule has 0 amide bonds. The van der Waals surface area contributed by atoms with Gasteiger partial charge in [0.25, 0.3) is 0 Å². The van der Waals surface area contributed by atoms with Crippen LogP contribution < -0.4 is 0 Å². The SMILES string of the molecule is CC1(C)CC(C(=O)O)C(C)(C)N1[OH2+]. The molecule has 1 aliphatic rings. The first-order valence-corrected chi connectivity index (χ1v) is 4.44. The summed E-state index contributed by atoms with van der Waals surface area (Å²) in [6.45, 7) is 7.44. The number of aliphatic carboxylic acids is 1. The van der Waals surface area contributed by atoms with Gasteiger partial charge in [-0.05, 0) is 34.1 Å². The Balaban J connectivity index is 3.00. The lowest BCUT2D eigenvalue weighted by Gasteiger charge is -2.30. The molecule has 3 N–H and O–H groups in total. The number of hydroxylamine groups is 2. The number of carboxylic acid groups (broad SMARTS) is 1. The molecule has 76 valence electrons. The lowest BCUT2D eigenvalue weighted by Crippen LogP contribution is -2.48. The first kappa shape index (κ1) is 10.5. The predicted molar refractivity (Wildman–Crippen MR) is 49.4 cm³/mol. The second kappa shape index (κ2) is 2.69. The van der Waals surface area contributed by atoms with Gasteiger partial charge in [-0.1, -0.05) is 5.06 Å². The van der Waals surface area contributed by atoms with E-state index in [1.807, 2.05) is 27.7 Å². The fourth-order valence-corrected chi connectivity index (χ4v) is 2.17. The van der Waals surface area contributed by atoms with Crippen LogP contribution in [0.3, 0.4) is 0 Å². The maximum Gasteiger partial charge on any atom is 0.308 e. The maximum absolute atomic E-state index is 10.9. The van der Waals surface area contributed by atoms with Crippen LogP contribution >= 0.6 is 0 Å². The largest absolute Gasteiger partial charge is 0.481 e. The minimum absolute atomic E-state index is 0.341. The standard InChI is InChI=1S/C9H17NO3/c1-8(2)5-6(7(11)12)9(3,4)10(8)13/h6,13H,5H2,1-4H3,(H,11,12)/p+1. The Morgan fingerprint density at radius 1 is 1.46 bits per heavy atom. The van der Waals surface area contributed by atoms with Crippen LogP contribution in [-0.4, -0.2) is 32.4 Å². The minimum atomic E-state index is -0.798. The summed E-state index contributed by atoms with van der Waals surface area (Å²) in [5.74, 6) is -1.24. The summed E-state index contributed by atoms with van der Waals surface area (Å²) in [5, 5.41) is 18.2. The van der Waals surface area contributed by atoms with Gasteiger partial charge in [0.15, 0.2) is 0 Å². The first-order valence-electron chi connectivity index (χ1n) is 4.44. The van der Waals surface area contributed by atoms with Crippen molar-refractivity contribution in [1.29, 1.82) is 0 Å². The highest BCUT2D eigenvalue weighted by atomic mass is 16.5. The Morgan fingerprint density at radius 3 is 2.08 bits per heavy atom. The smallest absolute Gasteiger partial charge is 0.308 e. The molecule has 0 saturated carbocycles. The zero-order valence-electron chi connectivity index (χ0n) is 8.59. The summed E-state index contributed by atoms with van der Waals surface area (Å²) in [7, 11) is 0. The molecule has 1 saturated heterocycles. The third-order valence-electron chi connectivity index (χ3n) is 3.04. The Labute approximate surface area is 78.1 Å². The van der Waals surface area contributed by atoms with Gasteiger partial charge in [0, 0.05) is 0 Å². The Hall–Kier alpha value is -0.610. The Bertz CT molecular complexity index is 235. The van der Waals surface area contributed by atoms with Gasteiger partial charge in [-0.25, -0.2) is 0 Å². The normalized spacial score (nSPS) is 31.9. The summed E-state index contributed by atoms with van der Waals surface area (Å²) >= 11 is 0. The summed E-state index contributed by atoms with van der Waals surface area (Å²) in [6.07, 6.45) is 0.541. The lowest BCUT2D eigenvalue weighted by atomic mass is 9.87. The highest BCUT2D eigenvalue weighted by Gasteiger charge is 2.57. The monoisotopic (exact) mass is 188 g/mol. The molecule has 1 atom stereocenters. The van der Waals surface area contributed by atoms with E-state index in [0.717, 1.165) is 0 Å². The van der Waals surface area contributed by atoms with Crippen molar-refractivity contribution in [2.24, 2.45) is 5.92 Å². The van der Waals surface area contributed by atoms with Gasteiger partial charge < -0.3 is 10.3 Å². The predicted octanol–water partition coefficient (Wildman–Crippen LogP) is 0.590. The van der Waals surface area contributed by atoms with Crippen molar-refractivity contribution in [2.45, 2.75) is 45.2 Å². The first-order chi connectivity index (χ1) is 5.69. The number of hydrogen-bond acceptors (Lipinski definition) is 2. The van der Waals surface area contributed by atoms with Crippen LogP contribution in [0, 0.1) is 5.92 Å². The summed E-state index contributed by atoms with van der Waals surface area (Å²) in [4.78, 5) is 10.9. The topological polar surface area (TPSA) is 63.4 Å². The molecule has 0 radical (unpaired) electrons. The van der Waals surface area contributed by atoms with Crippen molar-refractivity contribution in [2.75, 3.05) is 0 Å². The number of hydrogen-bond donors (Lipinski definition) is 1. The molecular formula is C9H18NO3+. The molecule has 0 aliphatic carbocycles. The molecule has 0 aromatic rings. The minimum Gasteiger partial charge on any atom is -0.481 e. The maximum atomic E-state index is 10.9. The van der Waals surface area contributed by atoms with E-state index < -0.39 is 17.4 Å². The van der Waals surface area contributed by atoms with E-state index in [9.17, 15) is 4.79 Å². The number of carboxylic acids is 1. The molecular weight excluding hydrogens is 170 g/mol. The van der Waals surface area contributed by atoms with Crippen LogP contribution in [-0.2, 0) is 4.79 Å². The molecule has 1 heterocycles. The number of nitrogens with zero attached hydrogens (tertiary/aromatic N) is 1. The van der Waals surface area contributed by atoms with Crippen LogP contribution in [0.4, 0.5) is 0 Å². The highest BCUT2D eigenvalue weighted by molar-refractivity contribution is 5.72. The van der Waals surface area contributed by atoms with Crippen LogP contribution in [0.5, 0.6) is 0 Å². The van der Waals surface area contributed by atoms with Crippen molar-refractivity contribution < 1.29 is 15.1 Å². The number of carbonyl (C=O) groups is 1. The third kappa shape index (κ3) is 1.44. The Kier molecular flexibility index (Phi) is 2.16. The van der Waals surface area contributed by atoms with Gasteiger partial charge in [0.05, 0.1) is 17.0 Å². The van der Waals surface area contributed by atoms with Gasteiger partial charge in [-0.3, -0.25) is 4.79 Å². The average Bonchev–Trinajstić information content (AvgIpc) is 2.11. The third-order valence-corrected chi connectivity index (χ3v) is 3.04. The Morgan fingerprint density at radius 2 is 1.92 bits per heavy atom. The van der Waals surface area contributed by atoms with Gasteiger partial charge in [-0.2, -0.15) is 0 Å². The van der Waals surface area contributed by atoms with Gasteiger partial charge in [0.2, 0.25) is 0 Å². The van der Waals surface area contributed by atoms with E-state index in [-0.39, 0.29) is 5.54 Å². The molecule has 0 aromatic heterocycles. The van der Waals surface area contributed by atoms with Crippen LogP contribution in [0.1, 0.15) is 34.1 Å². The van der Waals surface area contributed by atoms with E-state index in [0.29, 0.717) is 6.42 Å². The summed E-state index contributed by atoms with van der Waals surface area (Å²) in [6, 6.07) is 0. The molecule has 1 aliphatic heterocycles. The molecule has 13 heavy (non-hydrogen) atoms. The lowest BCUT2D eigenvalue weighted by molar-refractivity contribution is -0.199. The highest BCUT2D eigenvalue weighted by Crippen LogP contribution is 2.43. The second-order valence-corrected chi connectivity index (χ2v) is 4.90. The van der Waals surface area contributed by atoms with Crippen molar-refractivity contribution in [1.82, 2.24) is 5.06 Å². The molecule has 1 fully saturated rings. The van der Waals surface area contributed by atoms with Crippen LogP contribution in [0.15, 0.2) is 0 Å². The fraction of sp³-hybridized carbons (Fsp3) is 0.889. The molecule has 0 bridgehead atoms. The molecule has 1 unspecified atom stereocenters. The quantitative estimate of drug-likeness (QED) is 0.612. The summed E-state index contributed by atoms with van der Waals surface area (Å²) < 4.78 is 0. The van der Waals surface area contributed by atoms with Crippen molar-refractivity contribution >= 4 is 5.97 Å². The van der Waals surface area contributed by atoms with Crippen molar-refractivity contribution in [3.05, 3.63) is 0 Å². The van der Waals surface area contributed by atoms with E-state index >= 15 is 0 Å². The molecule has 4 nitrogen and oxygen atoms in total. The van der Waals surface area contributed by atoms with Crippen molar-refractivity contribution in [3.63, 3.8) is 0 Å². The zero-order chi connectivity index (χ0) is 10.4. The van der Waals surface area contributed by atoms with Crippen molar-refractivity contribution in [3.8, 4) is 0 Å². The molecule has 0 aromatic carbocycles. The van der Waals surface area contributed by atoms with Crippen LogP contribution in [0.2, 0.25) is 0 Å². The van der Waals surface area contributed by atoms with Gasteiger partial charge in [-0.15, -0.1) is 0 Å². The number of rotatable bonds is 1.